The molecule has 0 N–H and O–H groups in total. The Bertz CT molecular complexity index is 1140. The number of rotatable bonds is 5. The molecule has 0 radical (unpaired) electrons. The molecule has 0 spiro atoms. The van der Waals surface area contributed by atoms with Crippen LogP contribution in [0.3, 0.4) is 0 Å². The van der Waals surface area contributed by atoms with Gasteiger partial charge >= 0.3 is 0 Å². The summed E-state index contributed by atoms with van der Waals surface area (Å²) < 4.78 is 18.8. The number of benzene rings is 2. The largest absolute Gasteiger partial charge is 0.454 e. The molecule has 33 heavy (non-hydrogen) atoms. The molecule has 1 aromatic heterocycles. The first kappa shape index (κ1) is 21.8. The summed E-state index contributed by atoms with van der Waals surface area (Å²) in [6, 6.07) is 15.6. The van der Waals surface area contributed by atoms with Gasteiger partial charge in [-0.2, -0.15) is 0 Å². The van der Waals surface area contributed by atoms with Crippen molar-refractivity contribution in [2.45, 2.75) is 43.4 Å². The molecule has 1 saturated heterocycles. The van der Waals surface area contributed by atoms with Gasteiger partial charge < -0.3 is 19.1 Å². The number of nitrogens with zero attached hydrogens (tertiary/aromatic N) is 4. The Labute approximate surface area is 196 Å². The number of aromatic nitrogens is 3. The molecule has 2 aliphatic heterocycles. The van der Waals surface area contributed by atoms with Crippen molar-refractivity contribution in [2.75, 3.05) is 19.9 Å². The number of amides is 1. The zero-order valence-corrected chi connectivity index (χ0v) is 19.6. The number of para-hydroxylation sites is 1. The number of ether oxygens (including phenoxy) is 3. The van der Waals surface area contributed by atoms with Gasteiger partial charge in [-0.1, -0.05) is 30.0 Å². The molecule has 3 atom stereocenters. The van der Waals surface area contributed by atoms with Gasteiger partial charge in [0, 0.05) is 24.3 Å². The van der Waals surface area contributed by atoms with Crippen LogP contribution in [-0.4, -0.2) is 62.9 Å². The lowest BCUT2D eigenvalue weighted by Crippen LogP contribution is -2.50. The molecular weight excluding hydrogens is 440 g/mol. The fourth-order valence-electron chi connectivity index (χ4n) is 4.20. The van der Waals surface area contributed by atoms with Crippen molar-refractivity contribution in [1.82, 2.24) is 19.7 Å². The summed E-state index contributed by atoms with van der Waals surface area (Å²) in [4.78, 5) is 15.1. The first-order valence-corrected chi connectivity index (χ1v) is 11.9. The molecule has 1 amide bonds. The van der Waals surface area contributed by atoms with E-state index in [1.54, 1.807) is 0 Å². The molecular formula is C24H26N4O4S. The normalized spacial score (nSPS) is 20.6. The molecule has 0 aliphatic carbocycles. The minimum atomic E-state index is -0.321. The SMILES string of the molecule is C[C@@H]1CN(C(=O)[C@@H](C)Sc2nnc(-c3ccc4c(c3)OCO4)n2-c2ccccc2)C[C@H](C)O1. The standard InChI is InChI=1S/C24H26N4O4S/c1-15-12-27(13-16(2)32-15)23(29)17(3)33-24-26-25-22(28(24)19-7-5-4-6-8-19)18-9-10-20-21(11-18)31-14-30-20/h4-11,15-17H,12-14H2,1-3H3/t15-,16+,17-/m1/s1. The number of carbonyl (C=O) groups excluding carboxylic acids is 1. The van der Waals surface area contributed by atoms with E-state index in [1.807, 2.05) is 78.8 Å². The molecule has 1 fully saturated rings. The van der Waals surface area contributed by atoms with Gasteiger partial charge in [0.25, 0.3) is 0 Å². The van der Waals surface area contributed by atoms with E-state index in [1.165, 1.54) is 11.8 Å². The quantitative estimate of drug-likeness (QED) is 0.530. The lowest BCUT2D eigenvalue weighted by Gasteiger charge is -2.36. The summed E-state index contributed by atoms with van der Waals surface area (Å²) in [5.41, 5.74) is 1.78. The maximum absolute atomic E-state index is 13.2. The smallest absolute Gasteiger partial charge is 0.236 e. The van der Waals surface area contributed by atoms with Crippen LogP contribution in [-0.2, 0) is 9.53 Å². The third-order valence-electron chi connectivity index (χ3n) is 5.64. The minimum absolute atomic E-state index is 0.0282. The van der Waals surface area contributed by atoms with Crippen molar-refractivity contribution < 1.29 is 19.0 Å². The molecule has 172 valence electrons. The van der Waals surface area contributed by atoms with E-state index in [4.69, 9.17) is 14.2 Å². The number of carbonyl (C=O) groups is 1. The average molecular weight is 467 g/mol. The van der Waals surface area contributed by atoms with Crippen LogP contribution < -0.4 is 9.47 Å². The van der Waals surface area contributed by atoms with E-state index in [0.717, 1.165) is 11.3 Å². The van der Waals surface area contributed by atoms with Gasteiger partial charge in [0.15, 0.2) is 22.5 Å². The zero-order valence-electron chi connectivity index (χ0n) is 18.8. The summed E-state index contributed by atoms with van der Waals surface area (Å²) in [5, 5.41) is 9.29. The van der Waals surface area contributed by atoms with E-state index in [0.29, 0.717) is 35.6 Å². The van der Waals surface area contributed by atoms with Crippen molar-refractivity contribution in [1.29, 1.82) is 0 Å². The molecule has 2 aromatic carbocycles. The molecule has 0 unspecified atom stereocenters. The van der Waals surface area contributed by atoms with Crippen molar-refractivity contribution in [3.05, 3.63) is 48.5 Å². The fourth-order valence-corrected chi connectivity index (χ4v) is 5.15. The van der Waals surface area contributed by atoms with Crippen LogP contribution in [0, 0.1) is 0 Å². The van der Waals surface area contributed by atoms with Crippen molar-refractivity contribution in [3.8, 4) is 28.6 Å². The first-order valence-electron chi connectivity index (χ1n) is 11.0. The maximum atomic E-state index is 13.2. The highest BCUT2D eigenvalue weighted by Crippen LogP contribution is 2.37. The number of hydrogen-bond donors (Lipinski definition) is 0. The van der Waals surface area contributed by atoms with E-state index in [9.17, 15) is 4.79 Å². The van der Waals surface area contributed by atoms with Crippen molar-refractivity contribution in [3.63, 3.8) is 0 Å². The molecule has 2 aliphatic rings. The second kappa shape index (κ2) is 9.07. The van der Waals surface area contributed by atoms with Gasteiger partial charge in [0.05, 0.1) is 17.5 Å². The number of hydrogen-bond acceptors (Lipinski definition) is 7. The lowest BCUT2D eigenvalue weighted by molar-refractivity contribution is -0.142. The second-order valence-electron chi connectivity index (χ2n) is 8.31. The molecule has 9 heteroatoms. The van der Waals surface area contributed by atoms with E-state index >= 15 is 0 Å². The highest BCUT2D eigenvalue weighted by molar-refractivity contribution is 8.00. The molecule has 0 saturated carbocycles. The van der Waals surface area contributed by atoms with Crippen LogP contribution in [0.4, 0.5) is 0 Å². The predicted molar refractivity (Wildman–Crippen MR) is 125 cm³/mol. The van der Waals surface area contributed by atoms with Gasteiger partial charge in [0.2, 0.25) is 12.7 Å². The predicted octanol–water partition coefficient (Wildman–Crippen LogP) is 3.78. The van der Waals surface area contributed by atoms with Crippen LogP contribution >= 0.6 is 11.8 Å². The third-order valence-corrected chi connectivity index (χ3v) is 6.67. The Morgan fingerprint density at radius 3 is 2.52 bits per heavy atom. The second-order valence-corrected chi connectivity index (χ2v) is 9.61. The third kappa shape index (κ3) is 4.43. The summed E-state index contributed by atoms with van der Waals surface area (Å²) in [6.07, 6.45) is 0.0564. The number of morpholine rings is 1. The van der Waals surface area contributed by atoms with Gasteiger partial charge in [0.1, 0.15) is 0 Å². The monoisotopic (exact) mass is 466 g/mol. The number of thioether (sulfide) groups is 1. The van der Waals surface area contributed by atoms with Gasteiger partial charge in [-0.05, 0) is 51.1 Å². The Balaban J connectivity index is 1.46. The minimum Gasteiger partial charge on any atom is -0.454 e. The first-order chi connectivity index (χ1) is 16.0. The van der Waals surface area contributed by atoms with Gasteiger partial charge in [-0.25, -0.2) is 0 Å². The summed E-state index contributed by atoms with van der Waals surface area (Å²) in [7, 11) is 0. The maximum Gasteiger partial charge on any atom is 0.236 e. The Hall–Kier alpha value is -3.04. The highest BCUT2D eigenvalue weighted by atomic mass is 32.2. The molecule has 3 aromatic rings. The Kier molecular flexibility index (Phi) is 5.99. The van der Waals surface area contributed by atoms with E-state index < -0.39 is 0 Å². The molecule has 0 bridgehead atoms. The van der Waals surface area contributed by atoms with E-state index in [2.05, 4.69) is 10.2 Å². The van der Waals surface area contributed by atoms with Crippen LogP contribution in [0.15, 0.2) is 53.7 Å². The van der Waals surface area contributed by atoms with Crippen molar-refractivity contribution >= 4 is 17.7 Å². The number of fused-ring (bicyclic) bond motifs is 1. The molecule has 5 rings (SSSR count). The topological polar surface area (TPSA) is 78.7 Å². The zero-order chi connectivity index (χ0) is 22.9. The van der Waals surface area contributed by atoms with Crippen LogP contribution in [0.5, 0.6) is 11.5 Å². The summed E-state index contributed by atoms with van der Waals surface area (Å²) >= 11 is 1.41. The molecule has 8 nitrogen and oxygen atoms in total. The Morgan fingerprint density at radius 1 is 1.03 bits per heavy atom. The van der Waals surface area contributed by atoms with Gasteiger partial charge in [-0.3, -0.25) is 9.36 Å². The van der Waals surface area contributed by atoms with Crippen LogP contribution in [0.1, 0.15) is 20.8 Å². The average Bonchev–Trinajstić information content (AvgIpc) is 3.44. The van der Waals surface area contributed by atoms with Gasteiger partial charge in [-0.15, -0.1) is 10.2 Å². The van der Waals surface area contributed by atoms with Crippen LogP contribution in [0.2, 0.25) is 0 Å². The fraction of sp³-hybridized carbons (Fsp3) is 0.375. The Morgan fingerprint density at radius 2 is 1.76 bits per heavy atom. The summed E-state index contributed by atoms with van der Waals surface area (Å²) in [5.74, 6) is 2.15. The van der Waals surface area contributed by atoms with E-state index in [-0.39, 0.29) is 30.2 Å². The van der Waals surface area contributed by atoms with Crippen LogP contribution in [0.25, 0.3) is 17.1 Å². The lowest BCUT2D eigenvalue weighted by atomic mass is 10.2. The highest BCUT2D eigenvalue weighted by Gasteiger charge is 2.30. The molecule has 3 heterocycles. The van der Waals surface area contributed by atoms with Crippen molar-refractivity contribution in [2.24, 2.45) is 0 Å². The summed E-state index contributed by atoms with van der Waals surface area (Å²) in [6.45, 7) is 7.32.